The first-order valence-corrected chi connectivity index (χ1v) is 8.75. The SMILES string of the molecule is CCCNCc1cc(C)ccc1N(C)C1CCCCCC1. The highest BCUT2D eigenvalue weighted by atomic mass is 15.1. The average Bonchev–Trinajstić information content (AvgIpc) is 2.76. The Morgan fingerprint density at radius 2 is 1.86 bits per heavy atom. The Morgan fingerprint density at radius 3 is 2.52 bits per heavy atom. The van der Waals surface area contributed by atoms with Crippen LogP contribution in [0.25, 0.3) is 0 Å². The average molecular weight is 288 g/mol. The van der Waals surface area contributed by atoms with Gasteiger partial charge in [-0.2, -0.15) is 0 Å². The molecule has 0 heterocycles. The molecule has 0 saturated heterocycles. The lowest BCUT2D eigenvalue weighted by Gasteiger charge is -2.31. The molecule has 2 rings (SSSR count). The molecule has 1 aromatic carbocycles. The second-order valence-corrected chi connectivity index (χ2v) is 6.57. The third-order valence-corrected chi connectivity index (χ3v) is 4.73. The van der Waals surface area contributed by atoms with E-state index in [1.165, 1.54) is 61.8 Å². The normalized spacial score (nSPS) is 16.7. The maximum absolute atomic E-state index is 3.56. The van der Waals surface area contributed by atoms with Crippen molar-refractivity contribution in [3.05, 3.63) is 29.3 Å². The van der Waals surface area contributed by atoms with E-state index in [-0.39, 0.29) is 0 Å². The molecule has 0 amide bonds. The summed E-state index contributed by atoms with van der Waals surface area (Å²) in [5.74, 6) is 0. The molecule has 2 heteroatoms. The van der Waals surface area contributed by atoms with Crippen LogP contribution in [0.15, 0.2) is 18.2 Å². The van der Waals surface area contributed by atoms with E-state index in [0.717, 1.165) is 19.1 Å². The third-order valence-electron chi connectivity index (χ3n) is 4.73. The van der Waals surface area contributed by atoms with E-state index in [9.17, 15) is 0 Å². The number of hydrogen-bond acceptors (Lipinski definition) is 2. The summed E-state index contributed by atoms with van der Waals surface area (Å²) < 4.78 is 0. The Kier molecular flexibility index (Phi) is 6.56. The highest BCUT2D eigenvalue weighted by Crippen LogP contribution is 2.28. The standard InChI is InChI=1S/C19H32N2/c1-4-13-20-15-17-14-16(2)11-12-19(17)21(3)18-9-7-5-6-8-10-18/h11-12,14,18,20H,4-10,13,15H2,1-3H3. The summed E-state index contributed by atoms with van der Waals surface area (Å²) in [7, 11) is 2.30. The summed E-state index contributed by atoms with van der Waals surface area (Å²) in [6.07, 6.45) is 9.53. The molecule has 1 fully saturated rings. The predicted molar refractivity (Wildman–Crippen MR) is 93.1 cm³/mol. The number of aryl methyl sites for hydroxylation is 1. The Bertz CT molecular complexity index is 420. The Labute approximate surface area is 130 Å². The van der Waals surface area contributed by atoms with Crippen molar-refractivity contribution in [1.29, 1.82) is 0 Å². The van der Waals surface area contributed by atoms with Crippen LogP contribution in [-0.4, -0.2) is 19.6 Å². The maximum atomic E-state index is 3.56. The van der Waals surface area contributed by atoms with Gasteiger partial charge in [-0.15, -0.1) is 0 Å². The van der Waals surface area contributed by atoms with E-state index in [2.05, 4.69) is 49.3 Å². The van der Waals surface area contributed by atoms with Gasteiger partial charge in [-0.05, 0) is 44.4 Å². The number of nitrogens with one attached hydrogen (secondary N) is 1. The van der Waals surface area contributed by atoms with Gasteiger partial charge >= 0.3 is 0 Å². The largest absolute Gasteiger partial charge is 0.371 e. The van der Waals surface area contributed by atoms with Crippen molar-refractivity contribution in [2.45, 2.75) is 71.4 Å². The van der Waals surface area contributed by atoms with E-state index in [4.69, 9.17) is 0 Å². The molecule has 1 aliphatic rings. The zero-order valence-corrected chi connectivity index (χ0v) is 14.1. The van der Waals surface area contributed by atoms with Crippen LogP contribution in [0.5, 0.6) is 0 Å². The van der Waals surface area contributed by atoms with Crippen LogP contribution in [-0.2, 0) is 6.54 Å². The van der Waals surface area contributed by atoms with Crippen LogP contribution in [0.1, 0.15) is 63.0 Å². The van der Waals surface area contributed by atoms with Crippen LogP contribution >= 0.6 is 0 Å². The second-order valence-electron chi connectivity index (χ2n) is 6.57. The van der Waals surface area contributed by atoms with Crippen molar-refractivity contribution in [1.82, 2.24) is 5.32 Å². The maximum Gasteiger partial charge on any atom is 0.0411 e. The lowest BCUT2D eigenvalue weighted by Crippen LogP contribution is -2.32. The van der Waals surface area contributed by atoms with Crippen molar-refractivity contribution in [2.75, 3.05) is 18.5 Å². The lowest BCUT2D eigenvalue weighted by atomic mass is 10.0. The summed E-state index contributed by atoms with van der Waals surface area (Å²) in [4.78, 5) is 2.55. The third kappa shape index (κ3) is 4.74. The van der Waals surface area contributed by atoms with Crippen LogP contribution in [0.2, 0.25) is 0 Å². The Morgan fingerprint density at radius 1 is 1.14 bits per heavy atom. The number of nitrogens with zero attached hydrogens (tertiary/aromatic N) is 1. The molecule has 0 unspecified atom stereocenters. The lowest BCUT2D eigenvalue weighted by molar-refractivity contribution is 0.550. The summed E-state index contributed by atoms with van der Waals surface area (Å²) in [5, 5.41) is 3.56. The zero-order chi connectivity index (χ0) is 15.1. The number of anilines is 1. The van der Waals surface area contributed by atoms with Crippen molar-refractivity contribution in [3.8, 4) is 0 Å². The first kappa shape index (κ1) is 16.4. The predicted octanol–water partition coefficient (Wildman–Crippen LogP) is 4.65. The Balaban J connectivity index is 2.12. The highest BCUT2D eigenvalue weighted by Gasteiger charge is 2.19. The molecule has 0 atom stereocenters. The molecule has 2 nitrogen and oxygen atoms in total. The summed E-state index contributed by atoms with van der Waals surface area (Å²) in [6, 6.07) is 7.65. The molecular weight excluding hydrogens is 256 g/mol. The van der Waals surface area contributed by atoms with E-state index >= 15 is 0 Å². The van der Waals surface area contributed by atoms with Gasteiger partial charge in [0.15, 0.2) is 0 Å². The molecule has 1 aliphatic carbocycles. The molecule has 1 saturated carbocycles. The first-order valence-electron chi connectivity index (χ1n) is 8.75. The van der Waals surface area contributed by atoms with E-state index in [0.29, 0.717) is 0 Å². The second kappa shape index (κ2) is 8.43. The van der Waals surface area contributed by atoms with Crippen LogP contribution in [0.4, 0.5) is 5.69 Å². The van der Waals surface area contributed by atoms with Gasteiger partial charge in [0.2, 0.25) is 0 Å². The molecule has 0 radical (unpaired) electrons. The minimum absolute atomic E-state index is 0.722. The van der Waals surface area contributed by atoms with E-state index < -0.39 is 0 Å². The molecule has 0 aromatic heterocycles. The highest BCUT2D eigenvalue weighted by molar-refractivity contribution is 5.55. The first-order chi connectivity index (χ1) is 10.2. The minimum Gasteiger partial charge on any atom is -0.371 e. The molecule has 0 bridgehead atoms. The smallest absolute Gasteiger partial charge is 0.0411 e. The van der Waals surface area contributed by atoms with Gasteiger partial charge in [0, 0.05) is 25.3 Å². The quantitative estimate of drug-likeness (QED) is 0.605. The van der Waals surface area contributed by atoms with Crippen LogP contribution in [0, 0.1) is 6.92 Å². The zero-order valence-electron chi connectivity index (χ0n) is 14.1. The van der Waals surface area contributed by atoms with Gasteiger partial charge in [-0.25, -0.2) is 0 Å². The molecule has 21 heavy (non-hydrogen) atoms. The van der Waals surface area contributed by atoms with E-state index in [1.54, 1.807) is 0 Å². The summed E-state index contributed by atoms with van der Waals surface area (Å²) in [6.45, 7) is 6.50. The molecular formula is C19H32N2. The Hall–Kier alpha value is -1.02. The van der Waals surface area contributed by atoms with Crippen molar-refractivity contribution in [3.63, 3.8) is 0 Å². The van der Waals surface area contributed by atoms with Gasteiger partial charge in [-0.1, -0.05) is 50.3 Å². The molecule has 1 N–H and O–H groups in total. The number of hydrogen-bond donors (Lipinski definition) is 1. The molecule has 0 aliphatic heterocycles. The monoisotopic (exact) mass is 288 g/mol. The fourth-order valence-corrected chi connectivity index (χ4v) is 3.44. The molecule has 1 aromatic rings. The van der Waals surface area contributed by atoms with Gasteiger partial charge < -0.3 is 10.2 Å². The summed E-state index contributed by atoms with van der Waals surface area (Å²) >= 11 is 0. The minimum atomic E-state index is 0.722. The van der Waals surface area contributed by atoms with Gasteiger partial charge in [0.05, 0.1) is 0 Å². The topological polar surface area (TPSA) is 15.3 Å². The summed E-state index contributed by atoms with van der Waals surface area (Å²) in [5.41, 5.74) is 4.24. The van der Waals surface area contributed by atoms with E-state index in [1.807, 2.05) is 0 Å². The molecule has 118 valence electrons. The number of rotatable bonds is 6. The van der Waals surface area contributed by atoms with Crippen molar-refractivity contribution < 1.29 is 0 Å². The molecule has 0 spiro atoms. The van der Waals surface area contributed by atoms with Gasteiger partial charge in [0.1, 0.15) is 0 Å². The fourth-order valence-electron chi connectivity index (χ4n) is 3.44. The van der Waals surface area contributed by atoms with Crippen LogP contribution < -0.4 is 10.2 Å². The van der Waals surface area contributed by atoms with Crippen molar-refractivity contribution >= 4 is 5.69 Å². The fraction of sp³-hybridized carbons (Fsp3) is 0.684. The van der Waals surface area contributed by atoms with Crippen LogP contribution in [0.3, 0.4) is 0 Å². The van der Waals surface area contributed by atoms with Gasteiger partial charge in [0.25, 0.3) is 0 Å². The van der Waals surface area contributed by atoms with Gasteiger partial charge in [-0.3, -0.25) is 0 Å². The number of benzene rings is 1. The van der Waals surface area contributed by atoms with Crippen molar-refractivity contribution in [2.24, 2.45) is 0 Å².